The lowest BCUT2D eigenvalue weighted by Crippen LogP contribution is -2.74. The Bertz CT molecular complexity index is 1480. The van der Waals surface area contributed by atoms with E-state index in [9.17, 15) is 29.3 Å². The summed E-state index contributed by atoms with van der Waals surface area (Å²) in [4.78, 5) is 36.7. The molecule has 3 unspecified atom stereocenters. The maximum absolute atomic E-state index is 13.1. The first-order chi connectivity index (χ1) is 18.4. The maximum Gasteiger partial charge on any atom is 0.472 e. The number of phosphoric ester groups is 1. The van der Waals surface area contributed by atoms with Crippen LogP contribution in [-0.4, -0.2) is 54.7 Å². The fraction of sp³-hybridized carbons (Fsp3) is 0.385. The summed E-state index contributed by atoms with van der Waals surface area (Å²) >= 11 is 0. The van der Waals surface area contributed by atoms with Gasteiger partial charge >= 0.3 is 13.5 Å². The van der Waals surface area contributed by atoms with Gasteiger partial charge in [0.25, 0.3) is 5.56 Å². The van der Waals surface area contributed by atoms with Crippen molar-refractivity contribution in [2.75, 3.05) is 6.61 Å². The highest BCUT2D eigenvalue weighted by atomic mass is 31.2. The lowest BCUT2D eigenvalue weighted by molar-refractivity contribution is -0.339. The molecule has 3 aromatic rings. The molecule has 0 aliphatic carbocycles. The maximum atomic E-state index is 13.1. The average molecular weight is 560 g/mol. The molecule has 7 atom stereocenters. The molecule has 2 aliphatic rings. The Morgan fingerprint density at radius 2 is 1.67 bits per heavy atom. The zero-order chi connectivity index (χ0) is 28.0. The van der Waals surface area contributed by atoms with Gasteiger partial charge in [-0.3, -0.25) is 23.4 Å². The summed E-state index contributed by atoms with van der Waals surface area (Å²) in [5.74, 6) is 0. The fourth-order valence-corrected chi connectivity index (χ4v) is 5.97. The third-order valence-electron chi connectivity index (χ3n) is 7.15. The molecule has 2 aliphatic heterocycles. The van der Waals surface area contributed by atoms with Crippen molar-refractivity contribution in [2.24, 2.45) is 0 Å². The molecule has 39 heavy (non-hydrogen) atoms. The van der Waals surface area contributed by atoms with Crippen LogP contribution in [0, 0.1) is 0 Å². The van der Waals surface area contributed by atoms with E-state index in [2.05, 4.69) is 4.98 Å². The number of hydrogen-bond acceptors (Lipinski definition) is 9. The minimum absolute atomic E-state index is 0.444. The number of aromatic nitrogens is 2. The third kappa shape index (κ3) is 5.06. The molecule has 0 bridgehead atoms. The van der Waals surface area contributed by atoms with E-state index in [1.165, 1.54) is 6.20 Å². The van der Waals surface area contributed by atoms with E-state index in [0.29, 0.717) is 11.1 Å². The summed E-state index contributed by atoms with van der Waals surface area (Å²) in [6.45, 7) is 2.67. The predicted molar refractivity (Wildman–Crippen MR) is 137 cm³/mol. The van der Waals surface area contributed by atoms with Crippen molar-refractivity contribution in [1.82, 2.24) is 9.55 Å². The quantitative estimate of drug-likeness (QED) is 0.284. The molecule has 2 saturated heterocycles. The van der Waals surface area contributed by atoms with Crippen molar-refractivity contribution in [3.63, 3.8) is 0 Å². The number of aliphatic hydroxyl groups is 2. The second-order valence-electron chi connectivity index (χ2n) is 9.97. The topological polar surface area (TPSA) is 170 Å². The highest BCUT2D eigenvalue weighted by molar-refractivity contribution is 7.47. The molecule has 0 saturated carbocycles. The second-order valence-corrected chi connectivity index (χ2v) is 11.4. The Balaban J connectivity index is 1.35. The molecule has 2 aromatic carbocycles. The van der Waals surface area contributed by atoms with Crippen LogP contribution in [-0.2, 0) is 23.1 Å². The van der Waals surface area contributed by atoms with Crippen LogP contribution in [0.2, 0.25) is 0 Å². The first kappa shape index (κ1) is 27.6. The van der Waals surface area contributed by atoms with Crippen molar-refractivity contribution in [1.29, 1.82) is 0 Å². The summed E-state index contributed by atoms with van der Waals surface area (Å²) in [5.41, 5.74) is -3.38. The Morgan fingerprint density at radius 1 is 1.05 bits per heavy atom. The van der Waals surface area contributed by atoms with Gasteiger partial charge in [0.2, 0.25) is 0 Å². The van der Waals surface area contributed by atoms with Gasteiger partial charge in [-0.2, -0.15) is 0 Å². The molecule has 3 heterocycles. The molecule has 4 N–H and O–H groups in total. The van der Waals surface area contributed by atoms with E-state index in [4.69, 9.17) is 18.5 Å². The normalized spacial score (nSPS) is 28.6. The standard InChI is InChI=1S/C26H29N2O10P/c1-25(2)26(32)22(37-25)18(36-23(26)28-14-13-19(29)27-24(28)31)15-35-39(33,34)38-21(17-11-7-4-8-12-17)20(30)16-9-5-3-6-10-16/h3-14,18,20-23,30,32H,15H2,1-2H3,(H,33,34)(H,27,29,31)/t18-,20?,21?,22-,23-,26-/m1/s1. The zero-order valence-corrected chi connectivity index (χ0v) is 22.0. The molecule has 12 nitrogen and oxygen atoms in total. The number of nitrogens with zero attached hydrogens (tertiary/aromatic N) is 1. The van der Waals surface area contributed by atoms with Crippen molar-refractivity contribution in [3.05, 3.63) is 105 Å². The highest BCUT2D eigenvalue weighted by Gasteiger charge is 2.74. The summed E-state index contributed by atoms with van der Waals surface area (Å²) in [6.07, 6.45) is -4.73. The van der Waals surface area contributed by atoms with Crippen LogP contribution in [0.1, 0.15) is 43.4 Å². The Labute approximate surface area is 223 Å². The van der Waals surface area contributed by atoms with Crippen LogP contribution in [0.5, 0.6) is 0 Å². The number of benzene rings is 2. The fourth-order valence-electron chi connectivity index (χ4n) is 5.05. The summed E-state index contributed by atoms with van der Waals surface area (Å²) in [5, 5.41) is 22.5. The monoisotopic (exact) mass is 560 g/mol. The van der Waals surface area contributed by atoms with E-state index in [-0.39, 0.29) is 0 Å². The van der Waals surface area contributed by atoms with Crippen molar-refractivity contribution in [2.45, 2.75) is 55.7 Å². The molecule has 13 heteroatoms. The van der Waals surface area contributed by atoms with Crippen molar-refractivity contribution in [3.8, 4) is 0 Å². The molecule has 0 radical (unpaired) electrons. The van der Waals surface area contributed by atoms with E-state index < -0.39 is 67.5 Å². The van der Waals surface area contributed by atoms with Gasteiger partial charge in [0.05, 0.1) is 12.2 Å². The van der Waals surface area contributed by atoms with E-state index in [1.54, 1.807) is 74.5 Å². The molecule has 0 amide bonds. The van der Waals surface area contributed by atoms with E-state index >= 15 is 0 Å². The van der Waals surface area contributed by atoms with E-state index in [1.807, 2.05) is 0 Å². The van der Waals surface area contributed by atoms with Gasteiger partial charge < -0.3 is 24.6 Å². The lowest BCUT2D eigenvalue weighted by atomic mass is 9.73. The summed E-state index contributed by atoms with van der Waals surface area (Å²) < 4.78 is 36.6. The third-order valence-corrected chi connectivity index (χ3v) is 8.12. The van der Waals surface area contributed by atoms with Crippen LogP contribution < -0.4 is 11.2 Å². The first-order valence-corrected chi connectivity index (χ1v) is 13.7. The SMILES string of the molecule is CC1(C)O[C@@H]2[C@@H](COP(=O)(O)OC(c3ccccc3)C(O)c3ccccc3)O[C@@H](n3ccc(=O)[nH]c3=O)[C@]21O. The second kappa shape index (κ2) is 10.2. The number of nitrogens with one attached hydrogen (secondary N) is 1. The molecule has 1 aromatic heterocycles. The Hall–Kier alpha value is -2.93. The van der Waals surface area contributed by atoms with Crippen molar-refractivity contribution < 1.29 is 38.2 Å². The number of aromatic amines is 1. The number of rotatable bonds is 9. The Morgan fingerprint density at radius 3 is 2.26 bits per heavy atom. The molecular formula is C26H29N2O10P. The molecule has 5 rings (SSSR count). The first-order valence-electron chi connectivity index (χ1n) is 12.2. The highest BCUT2D eigenvalue weighted by Crippen LogP contribution is 2.57. The number of ether oxygens (including phenoxy) is 2. The van der Waals surface area contributed by atoms with Gasteiger partial charge in [-0.25, -0.2) is 9.36 Å². The van der Waals surface area contributed by atoms with Gasteiger partial charge in [-0.05, 0) is 25.0 Å². The minimum Gasteiger partial charge on any atom is -0.385 e. The van der Waals surface area contributed by atoms with Crippen LogP contribution in [0.4, 0.5) is 0 Å². The molecule has 2 fully saturated rings. The van der Waals surface area contributed by atoms with Gasteiger partial charge in [0, 0.05) is 12.3 Å². The van der Waals surface area contributed by atoms with Gasteiger partial charge in [-0.1, -0.05) is 60.7 Å². The van der Waals surface area contributed by atoms with Crippen LogP contribution in [0.25, 0.3) is 0 Å². The number of aliphatic hydroxyl groups excluding tert-OH is 1. The van der Waals surface area contributed by atoms with Crippen LogP contribution in [0.3, 0.4) is 0 Å². The van der Waals surface area contributed by atoms with Crippen LogP contribution >= 0.6 is 7.82 Å². The predicted octanol–water partition coefficient (Wildman–Crippen LogP) is 1.95. The number of H-pyrrole nitrogens is 1. The zero-order valence-electron chi connectivity index (χ0n) is 21.1. The molecule has 0 spiro atoms. The average Bonchev–Trinajstić information content (AvgIpc) is 3.15. The summed E-state index contributed by atoms with van der Waals surface area (Å²) in [6, 6.07) is 18.1. The van der Waals surface area contributed by atoms with Gasteiger partial charge in [-0.15, -0.1) is 0 Å². The Kier molecular flexibility index (Phi) is 7.25. The van der Waals surface area contributed by atoms with Crippen LogP contribution in [0.15, 0.2) is 82.5 Å². The minimum atomic E-state index is -4.82. The van der Waals surface area contributed by atoms with Gasteiger partial charge in [0.15, 0.2) is 11.8 Å². The van der Waals surface area contributed by atoms with E-state index in [0.717, 1.165) is 10.6 Å². The van der Waals surface area contributed by atoms with Gasteiger partial charge in [0.1, 0.15) is 24.4 Å². The largest absolute Gasteiger partial charge is 0.472 e. The number of fused-ring (bicyclic) bond motifs is 1. The number of hydrogen-bond donors (Lipinski definition) is 4. The van der Waals surface area contributed by atoms with Crippen molar-refractivity contribution >= 4 is 7.82 Å². The molecular weight excluding hydrogens is 531 g/mol. The summed E-state index contributed by atoms with van der Waals surface area (Å²) in [7, 11) is -4.82. The molecule has 208 valence electrons. The number of phosphoric acid groups is 1. The smallest absolute Gasteiger partial charge is 0.385 e. The lowest BCUT2D eigenvalue weighted by Gasteiger charge is -2.56.